The minimum Gasteiger partial charge on any atom is -0.497 e. The molecule has 0 spiro atoms. The first-order valence-corrected chi connectivity index (χ1v) is 5.81. The van der Waals surface area contributed by atoms with Crippen LogP contribution in [0.15, 0.2) is 42.0 Å². The Bertz CT molecular complexity index is 525. The van der Waals surface area contributed by atoms with E-state index in [9.17, 15) is 9.59 Å². The molecule has 0 unspecified atom stereocenters. The summed E-state index contributed by atoms with van der Waals surface area (Å²) in [6.07, 6.45) is 4.64. The fourth-order valence-corrected chi connectivity index (χ4v) is 1.44. The molecule has 5 heteroatoms. The topological polar surface area (TPSA) is 61.8 Å². The number of ether oxygens (including phenoxy) is 3. The first-order chi connectivity index (χ1) is 9.62. The fraction of sp³-hybridized carbons (Fsp3) is 0.200. The van der Waals surface area contributed by atoms with Crippen LogP contribution in [0.25, 0.3) is 6.08 Å². The Morgan fingerprint density at radius 3 is 2.25 bits per heavy atom. The zero-order valence-corrected chi connectivity index (χ0v) is 11.6. The Hall–Kier alpha value is -2.56. The maximum absolute atomic E-state index is 11.4. The van der Waals surface area contributed by atoms with E-state index in [2.05, 4.69) is 9.47 Å². The van der Waals surface area contributed by atoms with E-state index in [0.29, 0.717) is 0 Å². The van der Waals surface area contributed by atoms with Crippen molar-refractivity contribution in [2.45, 2.75) is 0 Å². The second kappa shape index (κ2) is 7.78. The van der Waals surface area contributed by atoms with Gasteiger partial charge in [-0.05, 0) is 23.8 Å². The molecular formula is C15H16O5. The smallest absolute Gasteiger partial charge is 0.345 e. The maximum Gasteiger partial charge on any atom is 0.345 e. The van der Waals surface area contributed by atoms with Crippen molar-refractivity contribution >= 4 is 18.0 Å². The number of methoxy groups -OCH3 is 3. The maximum atomic E-state index is 11.4. The molecule has 1 aromatic carbocycles. The van der Waals surface area contributed by atoms with Gasteiger partial charge in [-0.25, -0.2) is 9.59 Å². The lowest BCUT2D eigenvalue weighted by Gasteiger charge is -2.02. The predicted molar refractivity (Wildman–Crippen MR) is 74.1 cm³/mol. The predicted octanol–water partition coefficient (Wildman–Crippen LogP) is 1.98. The molecule has 0 atom stereocenters. The molecule has 0 saturated heterocycles. The van der Waals surface area contributed by atoms with Crippen LogP contribution in [0.2, 0.25) is 0 Å². The molecule has 20 heavy (non-hydrogen) atoms. The van der Waals surface area contributed by atoms with E-state index in [-0.39, 0.29) is 5.57 Å². The van der Waals surface area contributed by atoms with E-state index in [1.807, 2.05) is 24.3 Å². The number of hydrogen-bond donors (Lipinski definition) is 0. The summed E-state index contributed by atoms with van der Waals surface area (Å²) in [5.41, 5.74) is 0.698. The van der Waals surface area contributed by atoms with E-state index in [1.165, 1.54) is 20.3 Å². The summed E-state index contributed by atoms with van der Waals surface area (Å²) in [5.74, 6) is -0.767. The van der Waals surface area contributed by atoms with Crippen LogP contribution in [0.1, 0.15) is 5.56 Å². The molecule has 0 N–H and O–H groups in total. The molecule has 0 saturated carbocycles. The van der Waals surface area contributed by atoms with Crippen LogP contribution in [0.3, 0.4) is 0 Å². The number of allylic oxidation sites excluding steroid dienone is 2. The highest BCUT2D eigenvalue weighted by Crippen LogP contribution is 2.14. The van der Waals surface area contributed by atoms with Gasteiger partial charge >= 0.3 is 11.9 Å². The van der Waals surface area contributed by atoms with E-state index < -0.39 is 11.9 Å². The van der Waals surface area contributed by atoms with Crippen molar-refractivity contribution in [3.63, 3.8) is 0 Å². The van der Waals surface area contributed by atoms with Crippen LogP contribution in [0, 0.1) is 0 Å². The molecule has 1 rings (SSSR count). The Kier molecular flexibility index (Phi) is 6.03. The first kappa shape index (κ1) is 15.5. The molecule has 0 aliphatic rings. The highest BCUT2D eigenvalue weighted by Gasteiger charge is 2.18. The fourth-order valence-electron chi connectivity index (χ4n) is 1.44. The third-order valence-electron chi connectivity index (χ3n) is 2.46. The van der Waals surface area contributed by atoms with Gasteiger partial charge in [0.2, 0.25) is 0 Å². The molecule has 0 aliphatic heterocycles. The molecule has 0 aliphatic carbocycles. The molecule has 0 amide bonds. The molecule has 0 bridgehead atoms. The van der Waals surface area contributed by atoms with Gasteiger partial charge in [-0.3, -0.25) is 0 Å². The first-order valence-electron chi connectivity index (χ1n) is 5.81. The van der Waals surface area contributed by atoms with Crippen LogP contribution >= 0.6 is 0 Å². The number of hydrogen-bond acceptors (Lipinski definition) is 5. The van der Waals surface area contributed by atoms with E-state index in [1.54, 1.807) is 19.3 Å². The van der Waals surface area contributed by atoms with E-state index in [4.69, 9.17) is 4.74 Å². The zero-order valence-electron chi connectivity index (χ0n) is 11.6. The van der Waals surface area contributed by atoms with Crippen LogP contribution < -0.4 is 4.74 Å². The van der Waals surface area contributed by atoms with Crippen molar-refractivity contribution in [3.05, 3.63) is 47.6 Å². The molecule has 0 radical (unpaired) electrons. The van der Waals surface area contributed by atoms with E-state index in [0.717, 1.165) is 11.3 Å². The summed E-state index contributed by atoms with van der Waals surface area (Å²) >= 11 is 0. The molecular weight excluding hydrogens is 260 g/mol. The number of benzene rings is 1. The third-order valence-corrected chi connectivity index (χ3v) is 2.46. The summed E-state index contributed by atoms with van der Waals surface area (Å²) in [5, 5.41) is 0. The Labute approximate surface area is 117 Å². The minimum atomic E-state index is -0.743. The summed E-state index contributed by atoms with van der Waals surface area (Å²) in [7, 11) is 3.98. The van der Waals surface area contributed by atoms with Crippen molar-refractivity contribution in [1.82, 2.24) is 0 Å². The lowest BCUT2D eigenvalue weighted by molar-refractivity contribution is -0.144. The second-order valence-electron chi connectivity index (χ2n) is 3.70. The average molecular weight is 276 g/mol. The van der Waals surface area contributed by atoms with Gasteiger partial charge in [0.05, 0.1) is 21.3 Å². The van der Waals surface area contributed by atoms with Crippen molar-refractivity contribution in [1.29, 1.82) is 0 Å². The van der Waals surface area contributed by atoms with Crippen molar-refractivity contribution < 1.29 is 23.8 Å². The van der Waals surface area contributed by atoms with Gasteiger partial charge in [0.15, 0.2) is 0 Å². The molecule has 0 fully saturated rings. The average Bonchev–Trinajstić information content (AvgIpc) is 2.50. The van der Waals surface area contributed by atoms with Crippen LogP contribution in [0.5, 0.6) is 5.75 Å². The normalized spacial score (nSPS) is 9.95. The van der Waals surface area contributed by atoms with Gasteiger partial charge < -0.3 is 14.2 Å². The van der Waals surface area contributed by atoms with Crippen molar-refractivity contribution in [2.24, 2.45) is 0 Å². The highest BCUT2D eigenvalue weighted by atomic mass is 16.5. The monoisotopic (exact) mass is 276 g/mol. The van der Waals surface area contributed by atoms with Gasteiger partial charge in [-0.15, -0.1) is 0 Å². The standard InChI is InChI=1S/C15H16O5/c1-18-12-8-4-6-11(10-12)7-5-9-13(14(16)19-2)15(17)20-3/h4-10H,1-3H3. The van der Waals surface area contributed by atoms with Crippen LogP contribution in [-0.4, -0.2) is 33.3 Å². The largest absolute Gasteiger partial charge is 0.497 e. The van der Waals surface area contributed by atoms with Crippen LogP contribution in [0.4, 0.5) is 0 Å². The van der Waals surface area contributed by atoms with Gasteiger partial charge in [0, 0.05) is 0 Å². The minimum absolute atomic E-state index is 0.172. The molecule has 1 aromatic rings. The highest BCUT2D eigenvalue weighted by molar-refractivity contribution is 6.14. The summed E-state index contributed by atoms with van der Waals surface area (Å²) in [4.78, 5) is 22.8. The lowest BCUT2D eigenvalue weighted by Crippen LogP contribution is -2.15. The number of esters is 2. The molecule has 0 aromatic heterocycles. The van der Waals surface area contributed by atoms with Gasteiger partial charge in [-0.1, -0.05) is 24.3 Å². The number of carbonyl (C=O) groups is 2. The summed E-state index contributed by atoms with van der Waals surface area (Å²) in [6.45, 7) is 0. The summed E-state index contributed by atoms with van der Waals surface area (Å²) in [6, 6.07) is 7.34. The third kappa shape index (κ3) is 4.28. The molecule has 0 heterocycles. The lowest BCUT2D eigenvalue weighted by atomic mass is 10.2. The van der Waals surface area contributed by atoms with Gasteiger partial charge in [0.25, 0.3) is 0 Å². The van der Waals surface area contributed by atoms with Crippen LogP contribution in [-0.2, 0) is 19.1 Å². The Balaban J connectivity index is 2.93. The van der Waals surface area contributed by atoms with Crippen molar-refractivity contribution in [2.75, 3.05) is 21.3 Å². The quantitative estimate of drug-likeness (QED) is 0.270. The zero-order chi connectivity index (χ0) is 15.0. The van der Waals surface area contributed by atoms with Gasteiger partial charge in [0.1, 0.15) is 11.3 Å². The Morgan fingerprint density at radius 2 is 1.70 bits per heavy atom. The number of carbonyl (C=O) groups excluding carboxylic acids is 2. The van der Waals surface area contributed by atoms with E-state index >= 15 is 0 Å². The molecule has 106 valence electrons. The molecule has 5 nitrogen and oxygen atoms in total. The SMILES string of the molecule is COC(=O)C(=CC=Cc1cccc(OC)c1)C(=O)OC. The summed E-state index contributed by atoms with van der Waals surface area (Å²) < 4.78 is 14.1. The van der Waals surface area contributed by atoms with Gasteiger partial charge in [-0.2, -0.15) is 0 Å². The van der Waals surface area contributed by atoms with Crippen molar-refractivity contribution in [3.8, 4) is 5.75 Å². The number of rotatable bonds is 5. The second-order valence-corrected chi connectivity index (χ2v) is 3.70. The Morgan fingerprint density at radius 1 is 1.05 bits per heavy atom.